The highest BCUT2D eigenvalue weighted by Gasteiger charge is 2.41. The van der Waals surface area contributed by atoms with Gasteiger partial charge in [-0.15, -0.1) is 0 Å². The van der Waals surface area contributed by atoms with Gasteiger partial charge in [0, 0.05) is 43.8 Å². The van der Waals surface area contributed by atoms with Crippen LogP contribution in [0.5, 0.6) is 0 Å². The Hall–Kier alpha value is -3.33. The van der Waals surface area contributed by atoms with Gasteiger partial charge in [-0.2, -0.15) is 5.10 Å². The Morgan fingerprint density at radius 1 is 1.16 bits per heavy atom. The first-order valence-electron chi connectivity index (χ1n) is 11.0. The number of H-pyrrole nitrogens is 1. The molecular formula is C23H26N6O3. The molecule has 0 aliphatic carbocycles. The van der Waals surface area contributed by atoms with Crippen LogP contribution in [0.1, 0.15) is 40.9 Å². The summed E-state index contributed by atoms with van der Waals surface area (Å²) in [4.78, 5) is 37.0. The number of hydrogen-bond acceptors (Lipinski definition) is 6. The predicted molar refractivity (Wildman–Crippen MR) is 117 cm³/mol. The fourth-order valence-electron chi connectivity index (χ4n) is 4.60. The van der Waals surface area contributed by atoms with Crippen molar-refractivity contribution < 1.29 is 14.3 Å². The van der Waals surface area contributed by atoms with Crippen LogP contribution in [0.25, 0.3) is 10.8 Å². The number of nitrogens with zero attached hydrogens (tertiary/aromatic N) is 4. The number of aromatic nitrogens is 4. The Bertz CT molecular complexity index is 1130. The normalized spacial score (nSPS) is 21.7. The molecule has 0 bridgehead atoms. The molecule has 2 aliphatic heterocycles. The Labute approximate surface area is 185 Å². The zero-order valence-corrected chi connectivity index (χ0v) is 18.0. The van der Waals surface area contributed by atoms with Gasteiger partial charge in [0.25, 0.3) is 5.91 Å². The lowest BCUT2D eigenvalue weighted by Crippen LogP contribution is -2.44. The predicted octanol–water partition coefficient (Wildman–Crippen LogP) is 1.81. The molecule has 2 saturated heterocycles. The van der Waals surface area contributed by atoms with Crippen LogP contribution in [0.15, 0.2) is 36.5 Å². The number of likely N-dealkylation sites (tertiary alicyclic amines) is 1. The minimum Gasteiger partial charge on any atom is -0.381 e. The van der Waals surface area contributed by atoms with Crippen LogP contribution in [0.4, 0.5) is 0 Å². The topological polar surface area (TPSA) is 113 Å². The van der Waals surface area contributed by atoms with Gasteiger partial charge in [0.15, 0.2) is 5.82 Å². The second-order valence-electron chi connectivity index (χ2n) is 8.48. The molecule has 1 aromatic carbocycles. The van der Waals surface area contributed by atoms with Crippen molar-refractivity contribution in [3.63, 3.8) is 0 Å². The van der Waals surface area contributed by atoms with Gasteiger partial charge in [-0.25, -0.2) is 4.98 Å². The monoisotopic (exact) mass is 434 g/mol. The number of aromatic amines is 1. The van der Waals surface area contributed by atoms with E-state index in [9.17, 15) is 9.59 Å². The highest BCUT2D eigenvalue weighted by molar-refractivity contribution is 6.05. The van der Waals surface area contributed by atoms with Crippen molar-refractivity contribution in [2.45, 2.75) is 31.7 Å². The second kappa shape index (κ2) is 8.66. The number of carbonyl (C=O) groups is 2. The van der Waals surface area contributed by atoms with Crippen LogP contribution in [-0.4, -0.2) is 69.2 Å². The average molecular weight is 435 g/mol. The van der Waals surface area contributed by atoms with E-state index < -0.39 is 0 Å². The summed E-state index contributed by atoms with van der Waals surface area (Å²) in [5, 5.41) is 12.2. The Balaban J connectivity index is 1.40. The largest absolute Gasteiger partial charge is 0.381 e. The number of nitrogens with one attached hydrogen (secondary N) is 2. The Kier molecular flexibility index (Phi) is 5.57. The quantitative estimate of drug-likeness (QED) is 0.648. The molecule has 166 valence electrons. The van der Waals surface area contributed by atoms with E-state index in [0.717, 1.165) is 10.8 Å². The molecule has 5 rings (SSSR count). The van der Waals surface area contributed by atoms with Crippen molar-refractivity contribution in [3.05, 3.63) is 53.9 Å². The second-order valence-corrected chi connectivity index (χ2v) is 8.48. The summed E-state index contributed by atoms with van der Waals surface area (Å²) in [6.07, 6.45) is 3.09. The maximum Gasteiger partial charge on any atom is 0.273 e. The molecular weight excluding hydrogens is 408 g/mol. The molecule has 32 heavy (non-hydrogen) atoms. The van der Waals surface area contributed by atoms with E-state index in [1.54, 1.807) is 11.1 Å². The molecule has 2 aromatic heterocycles. The van der Waals surface area contributed by atoms with Crippen molar-refractivity contribution in [2.24, 2.45) is 5.92 Å². The maximum atomic E-state index is 13.5. The molecule has 2 fully saturated rings. The molecule has 4 heterocycles. The molecule has 2 atom stereocenters. The summed E-state index contributed by atoms with van der Waals surface area (Å²) in [5.74, 6) is 0.913. The average Bonchev–Trinajstić information content (AvgIpc) is 3.45. The Morgan fingerprint density at radius 2 is 1.97 bits per heavy atom. The molecule has 2 aliphatic rings. The highest BCUT2D eigenvalue weighted by Crippen LogP contribution is 2.29. The molecule has 2 N–H and O–H groups in total. The standard InChI is InChI=1S/C23H26N6O3/c1-14-25-21(28-27-14)18-12-29(13-19(18)26-22(30)16-7-10-32-11-8-16)23(31)20-17-5-3-2-4-15(17)6-9-24-20/h2-6,9,16,18-19H,7-8,10-13H2,1H3,(H,26,30)(H,25,27,28)/t18-,19-/m1/s1. The van der Waals surface area contributed by atoms with Crippen LogP contribution in [0.2, 0.25) is 0 Å². The minimum absolute atomic E-state index is 0.00754. The van der Waals surface area contributed by atoms with E-state index in [1.165, 1.54) is 0 Å². The number of rotatable bonds is 4. The third-order valence-electron chi connectivity index (χ3n) is 6.35. The molecule has 0 saturated carbocycles. The lowest BCUT2D eigenvalue weighted by molar-refractivity contribution is -0.128. The van der Waals surface area contributed by atoms with Gasteiger partial charge in [-0.1, -0.05) is 24.3 Å². The smallest absolute Gasteiger partial charge is 0.273 e. The summed E-state index contributed by atoms with van der Waals surface area (Å²) >= 11 is 0. The summed E-state index contributed by atoms with van der Waals surface area (Å²) in [5.41, 5.74) is 0.421. The van der Waals surface area contributed by atoms with Crippen LogP contribution < -0.4 is 5.32 Å². The highest BCUT2D eigenvalue weighted by atomic mass is 16.5. The zero-order valence-electron chi connectivity index (χ0n) is 18.0. The Morgan fingerprint density at radius 3 is 2.75 bits per heavy atom. The fraction of sp³-hybridized carbons (Fsp3) is 0.435. The first-order valence-corrected chi connectivity index (χ1v) is 11.0. The van der Waals surface area contributed by atoms with Crippen molar-refractivity contribution in [1.82, 2.24) is 30.4 Å². The number of fused-ring (bicyclic) bond motifs is 1. The first kappa shape index (κ1) is 20.6. The van der Waals surface area contributed by atoms with E-state index in [0.29, 0.717) is 56.5 Å². The zero-order chi connectivity index (χ0) is 22.1. The van der Waals surface area contributed by atoms with E-state index in [4.69, 9.17) is 4.74 Å². The molecule has 0 unspecified atom stereocenters. The van der Waals surface area contributed by atoms with Gasteiger partial charge in [-0.05, 0) is 31.2 Å². The van der Waals surface area contributed by atoms with Gasteiger partial charge >= 0.3 is 0 Å². The molecule has 9 heteroatoms. The van der Waals surface area contributed by atoms with E-state index in [-0.39, 0.29) is 29.7 Å². The third-order valence-corrected chi connectivity index (χ3v) is 6.35. The number of benzene rings is 1. The number of hydrogen-bond donors (Lipinski definition) is 2. The van der Waals surface area contributed by atoms with Crippen LogP contribution in [0.3, 0.4) is 0 Å². The van der Waals surface area contributed by atoms with Gasteiger partial charge in [0.2, 0.25) is 5.91 Å². The number of amides is 2. The summed E-state index contributed by atoms with van der Waals surface area (Å²) in [7, 11) is 0. The lowest BCUT2D eigenvalue weighted by atomic mass is 9.97. The van der Waals surface area contributed by atoms with E-state index in [2.05, 4.69) is 25.5 Å². The van der Waals surface area contributed by atoms with Crippen molar-refractivity contribution in [3.8, 4) is 0 Å². The van der Waals surface area contributed by atoms with Crippen molar-refractivity contribution >= 4 is 22.6 Å². The third kappa shape index (κ3) is 3.95. The number of pyridine rings is 1. The summed E-state index contributed by atoms with van der Waals surface area (Å²) in [6.45, 7) is 3.84. The molecule has 0 spiro atoms. The first-order chi connectivity index (χ1) is 15.6. The molecule has 9 nitrogen and oxygen atoms in total. The fourth-order valence-corrected chi connectivity index (χ4v) is 4.60. The van der Waals surface area contributed by atoms with Gasteiger partial charge in [0.05, 0.1) is 12.0 Å². The van der Waals surface area contributed by atoms with Crippen LogP contribution >= 0.6 is 0 Å². The maximum absolute atomic E-state index is 13.5. The molecule has 3 aromatic rings. The van der Waals surface area contributed by atoms with E-state index in [1.807, 2.05) is 37.3 Å². The van der Waals surface area contributed by atoms with Crippen LogP contribution in [0, 0.1) is 12.8 Å². The van der Waals surface area contributed by atoms with Crippen molar-refractivity contribution in [2.75, 3.05) is 26.3 Å². The SMILES string of the molecule is Cc1nc([C@@H]2CN(C(=O)c3nccc4ccccc34)C[C@H]2NC(=O)C2CCOCC2)n[nH]1. The van der Waals surface area contributed by atoms with Gasteiger partial charge < -0.3 is 15.0 Å². The number of carbonyl (C=O) groups excluding carboxylic acids is 2. The number of aryl methyl sites for hydroxylation is 1. The van der Waals surface area contributed by atoms with Crippen molar-refractivity contribution in [1.29, 1.82) is 0 Å². The minimum atomic E-state index is -0.264. The van der Waals surface area contributed by atoms with E-state index >= 15 is 0 Å². The van der Waals surface area contributed by atoms with Gasteiger partial charge in [-0.3, -0.25) is 19.7 Å². The molecule has 2 amide bonds. The summed E-state index contributed by atoms with van der Waals surface area (Å²) in [6, 6.07) is 9.35. The molecule has 0 radical (unpaired) electrons. The summed E-state index contributed by atoms with van der Waals surface area (Å²) < 4.78 is 5.38. The number of ether oxygens (including phenoxy) is 1. The van der Waals surface area contributed by atoms with Crippen LogP contribution in [-0.2, 0) is 9.53 Å². The van der Waals surface area contributed by atoms with Gasteiger partial charge in [0.1, 0.15) is 11.5 Å². The lowest BCUT2D eigenvalue weighted by Gasteiger charge is -2.24.